The third-order valence-electron chi connectivity index (χ3n) is 4.96. The summed E-state index contributed by atoms with van der Waals surface area (Å²) < 4.78 is 1.40. The number of anilines is 1. The summed E-state index contributed by atoms with van der Waals surface area (Å²) >= 11 is 1.65. The molecule has 5 rings (SSSR count). The lowest BCUT2D eigenvalue weighted by Gasteiger charge is -2.17. The lowest BCUT2D eigenvalue weighted by Crippen LogP contribution is -2.08. The van der Waals surface area contributed by atoms with Gasteiger partial charge in [-0.25, -0.2) is 9.97 Å². The van der Waals surface area contributed by atoms with Crippen LogP contribution in [0.4, 0.5) is 5.82 Å². The largest absolute Gasteiger partial charge is 0.382 e. The lowest BCUT2D eigenvalue weighted by atomic mass is 9.89. The summed E-state index contributed by atoms with van der Waals surface area (Å²) in [5, 5.41) is 23.8. The summed E-state index contributed by atoms with van der Waals surface area (Å²) in [4.78, 5) is 11.3. The minimum Gasteiger partial charge on any atom is -0.382 e. The van der Waals surface area contributed by atoms with Crippen molar-refractivity contribution in [3.05, 3.63) is 51.8 Å². The van der Waals surface area contributed by atoms with Crippen LogP contribution in [0.25, 0.3) is 27.2 Å². The summed E-state index contributed by atoms with van der Waals surface area (Å²) in [5.41, 5.74) is 9.78. The maximum Gasteiger partial charge on any atom is 0.183 e. The predicted molar refractivity (Wildman–Crippen MR) is 106 cm³/mol. The third kappa shape index (κ3) is 2.16. The van der Waals surface area contributed by atoms with E-state index < -0.39 is 0 Å². The van der Waals surface area contributed by atoms with E-state index in [0.29, 0.717) is 11.6 Å². The molecule has 0 bridgehead atoms. The molecular weight excluding hydrogens is 370 g/mol. The smallest absolute Gasteiger partial charge is 0.183 e. The molecule has 0 saturated carbocycles. The standard InChI is InChI=1S/C20H13N7S/c1-10-24-19(27-18(23)13(8-21)14(9-22)26-27)17-16-12-5-3-2-4-11(12)6-7-15(16)28-20(17)25-10/h2-5H,6-7,23H2,1H3. The van der Waals surface area contributed by atoms with E-state index in [1.807, 2.05) is 31.2 Å². The Balaban J connectivity index is 1.91. The van der Waals surface area contributed by atoms with E-state index in [-0.39, 0.29) is 17.1 Å². The molecule has 4 aromatic rings. The molecule has 1 aliphatic rings. The summed E-state index contributed by atoms with van der Waals surface area (Å²) in [6, 6.07) is 12.2. The molecule has 1 aromatic carbocycles. The van der Waals surface area contributed by atoms with E-state index in [0.717, 1.165) is 34.2 Å². The van der Waals surface area contributed by atoms with Crippen molar-refractivity contribution in [2.75, 3.05) is 5.73 Å². The van der Waals surface area contributed by atoms with Crippen molar-refractivity contribution in [1.82, 2.24) is 19.7 Å². The molecular formula is C20H13N7S. The first kappa shape index (κ1) is 16.4. The van der Waals surface area contributed by atoms with Gasteiger partial charge in [-0.1, -0.05) is 24.3 Å². The second-order valence-electron chi connectivity index (χ2n) is 6.58. The molecule has 1 aliphatic carbocycles. The van der Waals surface area contributed by atoms with Crippen LogP contribution in [0.2, 0.25) is 0 Å². The van der Waals surface area contributed by atoms with Gasteiger partial charge >= 0.3 is 0 Å². The number of hydrogen-bond donors (Lipinski definition) is 1. The van der Waals surface area contributed by atoms with Crippen LogP contribution in [-0.2, 0) is 12.8 Å². The quantitative estimate of drug-likeness (QED) is 0.539. The number of hydrogen-bond acceptors (Lipinski definition) is 7. The van der Waals surface area contributed by atoms with Crippen LogP contribution in [-0.4, -0.2) is 19.7 Å². The molecule has 8 heteroatoms. The van der Waals surface area contributed by atoms with Crippen molar-refractivity contribution in [2.24, 2.45) is 0 Å². The molecule has 3 aromatic heterocycles. The maximum atomic E-state index is 9.38. The van der Waals surface area contributed by atoms with Crippen molar-refractivity contribution in [2.45, 2.75) is 19.8 Å². The number of nitrogens with two attached hydrogens (primary N) is 1. The van der Waals surface area contributed by atoms with Crippen LogP contribution in [0, 0.1) is 29.6 Å². The Bertz CT molecular complexity index is 1360. The number of fused-ring (bicyclic) bond motifs is 5. The molecule has 7 nitrogen and oxygen atoms in total. The first-order chi connectivity index (χ1) is 13.6. The van der Waals surface area contributed by atoms with Crippen LogP contribution in [0.15, 0.2) is 24.3 Å². The van der Waals surface area contributed by atoms with Crippen molar-refractivity contribution in [3.63, 3.8) is 0 Å². The molecule has 28 heavy (non-hydrogen) atoms. The van der Waals surface area contributed by atoms with Crippen molar-refractivity contribution in [3.8, 4) is 29.1 Å². The van der Waals surface area contributed by atoms with Crippen molar-refractivity contribution in [1.29, 1.82) is 10.5 Å². The van der Waals surface area contributed by atoms with Gasteiger partial charge < -0.3 is 5.73 Å². The molecule has 0 unspecified atom stereocenters. The Labute approximate surface area is 164 Å². The number of thiophene rings is 1. The zero-order valence-corrected chi connectivity index (χ0v) is 15.7. The Morgan fingerprint density at radius 2 is 1.96 bits per heavy atom. The first-order valence-corrected chi connectivity index (χ1v) is 9.51. The third-order valence-corrected chi connectivity index (χ3v) is 6.11. The molecule has 0 spiro atoms. The number of nitrogen functional groups attached to an aromatic ring is 1. The monoisotopic (exact) mass is 383 g/mol. The van der Waals surface area contributed by atoms with Crippen LogP contribution in [0.3, 0.4) is 0 Å². The zero-order valence-electron chi connectivity index (χ0n) is 14.9. The molecule has 3 heterocycles. The van der Waals surface area contributed by atoms with Gasteiger partial charge in [0.15, 0.2) is 11.5 Å². The molecule has 0 fully saturated rings. The maximum absolute atomic E-state index is 9.38. The van der Waals surface area contributed by atoms with Gasteiger partial charge in [0.1, 0.15) is 34.2 Å². The number of nitriles is 2. The van der Waals surface area contributed by atoms with E-state index in [4.69, 9.17) is 5.73 Å². The zero-order chi connectivity index (χ0) is 19.4. The molecule has 134 valence electrons. The molecule has 0 saturated heterocycles. The van der Waals surface area contributed by atoms with Crippen LogP contribution in [0.1, 0.15) is 27.5 Å². The fraction of sp³-hybridized carbons (Fsp3) is 0.150. The minimum atomic E-state index is -0.00564. The highest BCUT2D eigenvalue weighted by Crippen LogP contribution is 2.45. The van der Waals surface area contributed by atoms with Gasteiger partial charge in [-0.05, 0) is 30.9 Å². The van der Waals surface area contributed by atoms with Crippen LogP contribution >= 0.6 is 11.3 Å². The number of rotatable bonds is 1. The van der Waals surface area contributed by atoms with E-state index in [1.54, 1.807) is 11.3 Å². The fourth-order valence-electron chi connectivity index (χ4n) is 3.76. The SMILES string of the molecule is Cc1nc(-n2nc(C#N)c(C#N)c2N)c2c3c(sc2n1)CCc1ccccc1-3. The lowest BCUT2D eigenvalue weighted by molar-refractivity contribution is 0.846. The Morgan fingerprint density at radius 3 is 2.71 bits per heavy atom. The minimum absolute atomic E-state index is 0.00564. The Hall–Kier alpha value is -3.75. The van der Waals surface area contributed by atoms with Crippen molar-refractivity contribution >= 4 is 27.4 Å². The number of benzene rings is 1. The molecule has 0 radical (unpaired) electrons. The molecule has 0 atom stereocenters. The summed E-state index contributed by atoms with van der Waals surface area (Å²) in [5.74, 6) is 1.20. The number of aryl methyl sites for hydroxylation is 3. The highest BCUT2D eigenvalue weighted by atomic mass is 32.1. The number of nitrogens with zero attached hydrogens (tertiary/aromatic N) is 6. The van der Waals surface area contributed by atoms with Gasteiger partial charge in [0.25, 0.3) is 0 Å². The van der Waals surface area contributed by atoms with E-state index in [9.17, 15) is 10.5 Å². The van der Waals surface area contributed by atoms with Gasteiger partial charge in [0.05, 0.1) is 5.39 Å². The van der Waals surface area contributed by atoms with Crippen LogP contribution < -0.4 is 5.73 Å². The summed E-state index contributed by atoms with van der Waals surface area (Å²) in [7, 11) is 0. The first-order valence-electron chi connectivity index (χ1n) is 8.69. The molecule has 0 amide bonds. The van der Waals surface area contributed by atoms with Gasteiger partial charge in [0, 0.05) is 10.4 Å². The number of aromatic nitrogens is 4. The summed E-state index contributed by atoms with van der Waals surface area (Å²) in [6.07, 6.45) is 1.92. The van der Waals surface area contributed by atoms with Crippen LogP contribution in [0.5, 0.6) is 0 Å². The normalized spacial score (nSPS) is 12.2. The average Bonchev–Trinajstić information content (AvgIpc) is 3.24. The van der Waals surface area contributed by atoms with E-state index in [2.05, 4.69) is 27.2 Å². The Morgan fingerprint density at radius 1 is 1.14 bits per heavy atom. The second kappa shape index (κ2) is 5.88. The Kier molecular flexibility index (Phi) is 3.45. The molecule has 2 N–H and O–H groups in total. The van der Waals surface area contributed by atoms with Gasteiger partial charge in [-0.3, -0.25) is 0 Å². The average molecular weight is 383 g/mol. The van der Waals surface area contributed by atoms with E-state index in [1.165, 1.54) is 15.1 Å². The topological polar surface area (TPSA) is 117 Å². The van der Waals surface area contributed by atoms with E-state index >= 15 is 0 Å². The second-order valence-corrected chi connectivity index (χ2v) is 7.66. The summed E-state index contributed by atoms with van der Waals surface area (Å²) in [6.45, 7) is 1.81. The van der Waals surface area contributed by atoms with Gasteiger partial charge in [-0.2, -0.15) is 20.3 Å². The van der Waals surface area contributed by atoms with Gasteiger partial charge in [0.2, 0.25) is 0 Å². The van der Waals surface area contributed by atoms with Gasteiger partial charge in [-0.15, -0.1) is 11.3 Å². The highest BCUT2D eigenvalue weighted by molar-refractivity contribution is 7.19. The highest BCUT2D eigenvalue weighted by Gasteiger charge is 2.27. The van der Waals surface area contributed by atoms with Crippen molar-refractivity contribution < 1.29 is 0 Å². The predicted octanol–water partition coefficient (Wildman–Crippen LogP) is 3.28. The molecule has 0 aliphatic heterocycles. The fourth-order valence-corrected chi connectivity index (χ4v) is 4.98.